The zero-order valence-corrected chi connectivity index (χ0v) is 16.7. The van der Waals surface area contributed by atoms with Crippen molar-refractivity contribution in [3.63, 3.8) is 0 Å². The number of sulfonamides is 1. The first kappa shape index (κ1) is 20.7. The highest BCUT2D eigenvalue weighted by Crippen LogP contribution is 2.26. The monoisotopic (exact) mass is 425 g/mol. The van der Waals surface area contributed by atoms with Gasteiger partial charge in [0.05, 0.1) is 5.75 Å². The van der Waals surface area contributed by atoms with Gasteiger partial charge in [0.15, 0.2) is 0 Å². The second-order valence-electron chi connectivity index (χ2n) is 6.71. The fourth-order valence-corrected chi connectivity index (χ4v) is 5.09. The van der Waals surface area contributed by atoms with Gasteiger partial charge in [-0.2, -0.15) is 0 Å². The number of hydrogen-bond acceptors (Lipinski definition) is 4. The highest BCUT2D eigenvalue weighted by molar-refractivity contribution is 7.88. The minimum Gasteiger partial charge on any atom is -0.352 e. The third-order valence-corrected chi connectivity index (χ3v) is 6.96. The largest absolute Gasteiger partial charge is 0.352 e. The zero-order chi connectivity index (χ0) is 20.1. The molecule has 2 aromatic rings. The molecule has 1 amide bonds. The smallest absolute Gasteiger partial charge is 0.223 e. The Bertz CT molecular complexity index is 912. The Hall–Kier alpha value is -2.03. The Morgan fingerprint density at radius 2 is 2.00 bits per heavy atom. The molecule has 1 N–H and O–H groups in total. The van der Waals surface area contributed by atoms with Crippen molar-refractivity contribution in [3.05, 3.63) is 64.7 Å². The van der Waals surface area contributed by atoms with E-state index in [0.29, 0.717) is 19.4 Å². The minimum absolute atomic E-state index is 0.0273. The fourth-order valence-electron chi connectivity index (χ4n) is 3.18. The molecule has 150 valence electrons. The summed E-state index contributed by atoms with van der Waals surface area (Å²) < 4.78 is 40.5. The highest BCUT2D eigenvalue weighted by atomic mass is 35.5. The lowest BCUT2D eigenvalue weighted by Crippen LogP contribution is -2.43. The Labute approximate surface area is 168 Å². The van der Waals surface area contributed by atoms with Crippen LogP contribution in [0.5, 0.6) is 0 Å². The van der Waals surface area contributed by atoms with Gasteiger partial charge in [-0.1, -0.05) is 23.7 Å². The molecule has 6 nitrogen and oxygen atoms in total. The molecule has 9 heteroatoms. The number of aromatic nitrogens is 1. The second-order valence-corrected chi connectivity index (χ2v) is 9.08. The first-order chi connectivity index (χ1) is 13.4. The van der Waals surface area contributed by atoms with Crippen LogP contribution in [0.15, 0.2) is 42.7 Å². The first-order valence-corrected chi connectivity index (χ1v) is 10.9. The van der Waals surface area contributed by atoms with Gasteiger partial charge in [0.25, 0.3) is 0 Å². The van der Waals surface area contributed by atoms with Gasteiger partial charge in [-0.05, 0) is 36.6 Å². The van der Waals surface area contributed by atoms with Crippen LogP contribution in [0.4, 0.5) is 4.39 Å². The van der Waals surface area contributed by atoms with Crippen molar-refractivity contribution in [1.82, 2.24) is 14.6 Å². The van der Waals surface area contributed by atoms with Crippen molar-refractivity contribution in [1.29, 1.82) is 0 Å². The molecule has 1 aliphatic heterocycles. The number of pyridine rings is 1. The number of benzene rings is 1. The second kappa shape index (κ2) is 8.98. The van der Waals surface area contributed by atoms with Gasteiger partial charge in [0.1, 0.15) is 5.82 Å². The van der Waals surface area contributed by atoms with Gasteiger partial charge in [-0.25, -0.2) is 17.1 Å². The molecule has 3 rings (SSSR count). The maximum absolute atomic E-state index is 13.9. The van der Waals surface area contributed by atoms with Crippen LogP contribution >= 0.6 is 11.6 Å². The Morgan fingerprint density at radius 3 is 2.64 bits per heavy atom. The van der Waals surface area contributed by atoms with Crippen molar-refractivity contribution in [2.24, 2.45) is 5.92 Å². The van der Waals surface area contributed by atoms with Crippen LogP contribution in [0.3, 0.4) is 0 Å². The van der Waals surface area contributed by atoms with Crippen molar-refractivity contribution < 1.29 is 17.6 Å². The van der Waals surface area contributed by atoms with Gasteiger partial charge in [0, 0.05) is 48.5 Å². The standard InChI is InChI=1S/C19H21ClFN3O3S/c20-17-4-1-5-18(21)16(17)13-28(26,27)24-9-6-15(7-10-24)19(25)23-12-14-3-2-8-22-11-14/h1-5,8,11,15H,6-7,9-10,12-13H2,(H,23,25). The number of carbonyl (C=O) groups excluding carboxylic acids is 1. The lowest BCUT2D eigenvalue weighted by atomic mass is 9.97. The van der Waals surface area contributed by atoms with E-state index in [4.69, 9.17) is 11.6 Å². The van der Waals surface area contributed by atoms with Crippen molar-refractivity contribution in [3.8, 4) is 0 Å². The molecule has 1 aliphatic rings. The number of amides is 1. The number of nitrogens with one attached hydrogen (secondary N) is 1. The molecule has 0 aliphatic carbocycles. The molecule has 1 saturated heterocycles. The Kier molecular flexibility index (Phi) is 6.64. The van der Waals surface area contributed by atoms with Crippen LogP contribution in [-0.2, 0) is 27.1 Å². The number of carbonyl (C=O) groups is 1. The maximum atomic E-state index is 13.9. The van der Waals surface area contributed by atoms with E-state index in [1.165, 1.54) is 22.5 Å². The normalized spacial score (nSPS) is 16.1. The zero-order valence-electron chi connectivity index (χ0n) is 15.1. The third kappa shape index (κ3) is 5.06. The average Bonchev–Trinajstić information content (AvgIpc) is 2.70. The van der Waals surface area contributed by atoms with Crippen LogP contribution in [0.25, 0.3) is 0 Å². The lowest BCUT2D eigenvalue weighted by Gasteiger charge is -2.30. The van der Waals surface area contributed by atoms with E-state index in [0.717, 1.165) is 5.56 Å². The number of nitrogens with zero attached hydrogens (tertiary/aromatic N) is 2. The minimum atomic E-state index is -3.72. The third-order valence-electron chi connectivity index (χ3n) is 4.80. The highest BCUT2D eigenvalue weighted by Gasteiger charge is 2.32. The van der Waals surface area contributed by atoms with E-state index in [1.54, 1.807) is 18.5 Å². The summed E-state index contributed by atoms with van der Waals surface area (Å²) in [5.41, 5.74) is 0.873. The van der Waals surface area contributed by atoms with E-state index >= 15 is 0 Å². The number of piperidine rings is 1. The summed E-state index contributed by atoms with van der Waals surface area (Å²) in [4.78, 5) is 16.3. The van der Waals surface area contributed by atoms with Crippen molar-refractivity contribution in [2.75, 3.05) is 13.1 Å². The quantitative estimate of drug-likeness (QED) is 0.771. The number of rotatable bonds is 6. The maximum Gasteiger partial charge on any atom is 0.223 e. The summed E-state index contributed by atoms with van der Waals surface area (Å²) in [5, 5.41) is 2.95. The Morgan fingerprint density at radius 1 is 1.25 bits per heavy atom. The summed E-state index contributed by atoms with van der Waals surface area (Å²) in [5.74, 6) is -1.48. The molecule has 0 radical (unpaired) electrons. The van der Waals surface area contributed by atoms with Gasteiger partial charge >= 0.3 is 0 Å². The fraction of sp³-hybridized carbons (Fsp3) is 0.368. The molecule has 0 atom stereocenters. The molecule has 2 heterocycles. The van der Waals surface area contributed by atoms with Gasteiger partial charge in [-0.3, -0.25) is 9.78 Å². The topological polar surface area (TPSA) is 79.4 Å². The van der Waals surface area contributed by atoms with Crippen LogP contribution in [-0.4, -0.2) is 36.7 Å². The first-order valence-electron chi connectivity index (χ1n) is 8.94. The van der Waals surface area contributed by atoms with E-state index in [2.05, 4.69) is 10.3 Å². The molecular formula is C19H21ClFN3O3S. The average molecular weight is 426 g/mol. The molecule has 28 heavy (non-hydrogen) atoms. The summed E-state index contributed by atoms with van der Waals surface area (Å²) in [6.45, 7) is 0.829. The van der Waals surface area contributed by atoms with Crippen LogP contribution in [0, 0.1) is 11.7 Å². The predicted octanol–water partition coefficient (Wildman–Crippen LogP) is 2.73. The Balaban J connectivity index is 1.54. The molecule has 1 fully saturated rings. The van der Waals surface area contributed by atoms with Crippen molar-refractivity contribution >= 4 is 27.5 Å². The molecule has 0 unspecified atom stereocenters. The van der Waals surface area contributed by atoms with E-state index < -0.39 is 21.6 Å². The molecular weight excluding hydrogens is 405 g/mol. The molecule has 0 spiro atoms. The summed E-state index contributed by atoms with van der Waals surface area (Å²) >= 11 is 5.94. The summed E-state index contributed by atoms with van der Waals surface area (Å²) in [6.07, 6.45) is 4.19. The summed E-state index contributed by atoms with van der Waals surface area (Å²) in [7, 11) is -3.72. The molecule has 0 bridgehead atoms. The van der Waals surface area contributed by atoms with Gasteiger partial charge in [-0.15, -0.1) is 0 Å². The SMILES string of the molecule is O=C(NCc1cccnc1)C1CCN(S(=O)(=O)Cc2c(F)cccc2Cl)CC1. The van der Waals surface area contributed by atoms with Crippen LogP contribution < -0.4 is 5.32 Å². The van der Waals surface area contributed by atoms with E-state index in [-0.39, 0.29) is 35.5 Å². The summed E-state index contributed by atoms with van der Waals surface area (Å²) in [6, 6.07) is 7.76. The van der Waals surface area contributed by atoms with E-state index in [9.17, 15) is 17.6 Å². The van der Waals surface area contributed by atoms with Gasteiger partial charge in [0.2, 0.25) is 15.9 Å². The molecule has 1 aromatic carbocycles. The molecule has 0 saturated carbocycles. The predicted molar refractivity (Wildman–Crippen MR) is 104 cm³/mol. The van der Waals surface area contributed by atoms with Crippen LogP contribution in [0.2, 0.25) is 5.02 Å². The number of hydrogen-bond donors (Lipinski definition) is 1. The molecule has 1 aromatic heterocycles. The number of halogens is 2. The van der Waals surface area contributed by atoms with Gasteiger partial charge < -0.3 is 5.32 Å². The lowest BCUT2D eigenvalue weighted by molar-refractivity contribution is -0.126. The van der Waals surface area contributed by atoms with Crippen molar-refractivity contribution in [2.45, 2.75) is 25.1 Å². The van der Waals surface area contributed by atoms with E-state index in [1.807, 2.05) is 6.07 Å². The van der Waals surface area contributed by atoms with Crippen LogP contribution in [0.1, 0.15) is 24.0 Å².